The van der Waals surface area contributed by atoms with Crippen molar-refractivity contribution in [2.24, 2.45) is 4.99 Å². The molecule has 0 aliphatic rings. The standard InChI is InChI=1S/C17H27F3N6O.HI/c1-5-21-15(25-11-13(27)26-16(2,3)4)24-10-9-23-14-12(17(18,19)20)7-6-8-22-14;/h6-8H,5,9-11H2,1-4H3,(H,22,23)(H,26,27)(H2,21,24,25);1H. The Morgan fingerprint density at radius 3 is 2.43 bits per heavy atom. The second kappa shape index (κ2) is 11.9. The van der Waals surface area contributed by atoms with Crippen LogP contribution in [0.3, 0.4) is 0 Å². The van der Waals surface area contributed by atoms with E-state index in [0.29, 0.717) is 19.0 Å². The SMILES string of the molecule is CCNC(=NCC(=O)NC(C)(C)C)NCCNc1ncccc1C(F)(F)F.I. The smallest absolute Gasteiger partial charge is 0.368 e. The van der Waals surface area contributed by atoms with Crippen molar-refractivity contribution in [3.8, 4) is 0 Å². The topological polar surface area (TPSA) is 90.4 Å². The number of hydrogen-bond acceptors (Lipinski definition) is 4. The Balaban J connectivity index is 0.00000729. The van der Waals surface area contributed by atoms with Crippen molar-refractivity contribution in [2.75, 3.05) is 31.5 Å². The summed E-state index contributed by atoms with van der Waals surface area (Å²) in [6.07, 6.45) is -3.18. The molecule has 7 nitrogen and oxygen atoms in total. The maximum Gasteiger partial charge on any atom is 0.419 e. The van der Waals surface area contributed by atoms with Gasteiger partial charge < -0.3 is 21.3 Å². The number of halogens is 4. The molecule has 0 atom stereocenters. The fourth-order valence-corrected chi connectivity index (χ4v) is 2.09. The van der Waals surface area contributed by atoms with Crippen molar-refractivity contribution >= 4 is 41.7 Å². The van der Waals surface area contributed by atoms with Crippen molar-refractivity contribution in [1.82, 2.24) is 20.9 Å². The van der Waals surface area contributed by atoms with Gasteiger partial charge in [0, 0.05) is 31.4 Å². The van der Waals surface area contributed by atoms with Crippen LogP contribution in [0, 0.1) is 0 Å². The number of rotatable bonds is 7. The third kappa shape index (κ3) is 10.5. The van der Waals surface area contributed by atoms with Gasteiger partial charge in [-0.15, -0.1) is 24.0 Å². The third-order valence-corrected chi connectivity index (χ3v) is 3.06. The van der Waals surface area contributed by atoms with E-state index in [-0.39, 0.29) is 54.3 Å². The van der Waals surface area contributed by atoms with Crippen LogP contribution in [0.4, 0.5) is 19.0 Å². The Labute approximate surface area is 180 Å². The molecule has 28 heavy (non-hydrogen) atoms. The molecule has 0 radical (unpaired) electrons. The molecule has 0 saturated carbocycles. The van der Waals surface area contributed by atoms with Crippen LogP contribution in [-0.2, 0) is 11.0 Å². The molecule has 0 fully saturated rings. The molecule has 0 aromatic carbocycles. The highest BCUT2D eigenvalue weighted by molar-refractivity contribution is 14.0. The molecule has 0 unspecified atom stereocenters. The molecule has 0 aliphatic carbocycles. The molecule has 1 aromatic heterocycles. The van der Waals surface area contributed by atoms with Gasteiger partial charge in [-0.25, -0.2) is 9.98 Å². The monoisotopic (exact) mass is 516 g/mol. The fourth-order valence-electron chi connectivity index (χ4n) is 2.09. The van der Waals surface area contributed by atoms with Crippen LogP contribution >= 0.6 is 24.0 Å². The normalized spacial score (nSPS) is 12.0. The molecule has 1 aromatic rings. The molecule has 11 heteroatoms. The van der Waals surface area contributed by atoms with Crippen molar-refractivity contribution in [3.63, 3.8) is 0 Å². The Hall–Kier alpha value is -1.79. The number of nitrogens with one attached hydrogen (secondary N) is 4. The minimum Gasteiger partial charge on any atom is -0.368 e. The lowest BCUT2D eigenvalue weighted by Gasteiger charge is -2.20. The van der Waals surface area contributed by atoms with Crippen LogP contribution in [0.25, 0.3) is 0 Å². The second-order valence-electron chi connectivity index (χ2n) is 6.74. The fraction of sp³-hybridized carbons (Fsp3) is 0.588. The number of carbonyl (C=O) groups is 1. The van der Waals surface area contributed by atoms with E-state index in [1.54, 1.807) is 0 Å². The van der Waals surface area contributed by atoms with Gasteiger partial charge in [0.2, 0.25) is 5.91 Å². The molecule has 160 valence electrons. The summed E-state index contributed by atoms with van der Waals surface area (Å²) in [7, 11) is 0. The summed E-state index contributed by atoms with van der Waals surface area (Å²) in [5.74, 6) is -0.0418. The van der Waals surface area contributed by atoms with Gasteiger partial charge in [-0.2, -0.15) is 13.2 Å². The van der Waals surface area contributed by atoms with Gasteiger partial charge in [0.25, 0.3) is 0 Å². The van der Waals surface area contributed by atoms with Crippen LogP contribution in [0.15, 0.2) is 23.3 Å². The molecule has 0 saturated heterocycles. The average molecular weight is 516 g/mol. The number of aromatic nitrogens is 1. The van der Waals surface area contributed by atoms with E-state index < -0.39 is 11.7 Å². The Bertz CT molecular complexity index is 647. The van der Waals surface area contributed by atoms with Crippen LogP contribution in [-0.4, -0.2) is 48.6 Å². The quantitative estimate of drug-likeness (QED) is 0.194. The molecule has 4 N–H and O–H groups in total. The van der Waals surface area contributed by atoms with E-state index in [1.165, 1.54) is 12.3 Å². The highest BCUT2D eigenvalue weighted by Gasteiger charge is 2.33. The molecule has 0 aliphatic heterocycles. The summed E-state index contributed by atoms with van der Waals surface area (Å²) in [5.41, 5.74) is -1.16. The summed E-state index contributed by atoms with van der Waals surface area (Å²) in [5, 5.41) is 11.4. The van der Waals surface area contributed by atoms with E-state index in [2.05, 4.69) is 31.2 Å². The number of aliphatic imine (C=N–C) groups is 1. The van der Waals surface area contributed by atoms with Gasteiger partial charge in [-0.1, -0.05) is 0 Å². The van der Waals surface area contributed by atoms with Gasteiger partial charge >= 0.3 is 6.18 Å². The lowest BCUT2D eigenvalue weighted by molar-refractivity contribution is -0.137. The number of nitrogens with zero attached hydrogens (tertiary/aromatic N) is 2. The zero-order chi connectivity index (χ0) is 20.5. The molecule has 1 heterocycles. The van der Waals surface area contributed by atoms with Crippen LogP contribution in [0.1, 0.15) is 33.3 Å². The molecule has 0 bridgehead atoms. The number of guanidine groups is 1. The largest absolute Gasteiger partial charge is 0.419 e. The Morgan fingerprint density at radius 1 is 1.18 bits per heavy atom. The second-order valence-corrected chi connectivity index (χ2v) is 6.74. The van der Waals surface area contributed by atoms with Gasteiger partial charge in [0.15, 0.2) is 5.96 Å². The third-order valence-electron chi connectivity index (χ3n) is 3.06. The van der Waals surface area contributed by atoms with Gasteiger partial charge in [0.05, 0.1) is 5.56 Å². The number of carbonyl (C=O) groups excluding carboxylic acids is 1. The molecular weight excluding hydrogens is 488 g/mol. The predicted molar refractivity (Wildman–Crippen MR) is 115 cm³/mol. The Morgan fingerprint density at radius 2 is 1.86 bits per heavy atom. The van der Waals surface area contributed by atoms with E-state index >= 15 is 0 Å². The zero-order valence-corrected chi connectivity index (χ0v) is 18.7. The lowest BCUT2D eigenvalue weighted by Crippen LogP contribution is -2.43. The Kier molecular flexibility index (Phi) is 11.2. The van der Waals surface area contributed by atoms with E-state index in [1.807, 2.05) is 27.7 Å². The van der Waals surface area contributed by atoms with E-state index in [0.717, 1.165) is 6.07 Å². The lowest BCUT2D eigenvalue weighted by atomic mass is 10.1. The first-order valence-corrected chi connectivity index (χ1v) is 8.62. The number of anilines is 1. The maximum absolute atomic E-state index is 12.9. The first-order valence-electron chi connectivity index (χ1n) is 8.62. The van der Waals surface area contributed by atoms with Crippen molar-refractivity contribution in [3.05, 3.63) is 23.9 Å². The van der Waals surface area contributed by atoms with E-state index in [9.17, 15) is 18.0 Å². The minimum atomic E-state index is -4.47. The minimum absolute atomic E-state index is 0. The van der Waals surface area contributed by atoms with Crippen molar-refractivity contribution < 1.29 is 18.0 Å². The van der Waals surface area contributed by atoms with E-state index in [4.69, 9.17) is 0 Å². The summed E-state index contributed by atoms with van der Waals surface area (Å²) < 4.78 is 38.8. The number of pyridine rings is 1. The van der Waals surface area contributed by atoms with Crippen molar-refractivity contribution in [2.45, 2.75) is 39.4 Å². The molecule has 0 spiro atoms. The average Bonchev–Trinajstić information content (AvgIpc) is 2.54. The predicted octanol–water partition coefficient (Wildman–Crippen LogP) is 2.60. The maximum atomic E-state index is 12.9. The first kappa shape index (κ1) is 26.2. The first-order chi connectivity index (χ1) is 12.5. The summed E-state index contributed by atoms with van der Waals surface area (Å²) in [6, 6.07) is 2.22. The summed E-state index contributed by atoms with van der Waals surface area (Å²) in [6.45, 7) is 8.49. The number of alkyl halides is 3. The van der Waals surface area contributed by atoms with Crippen LogP contribution in [0.2, 0.25) is 0 Å². The highest BCUT2D eigenvalue weighted by atomic mass is 127. The molecular formula is C17H28F3IN6O. The van der Waals surface area contributed by atoms with Gasteiger partial charge in [0.1, 0.15) is 12.4 Å². The van der Waals surface area contributed by atoms with Gasteiger partial charge in [-0.05, 0) is 39.8 Å². The zero-order valence-electron chi connectivity index (χ0n) is 16.4. The van der Waals surface area contributed by atoms with Crippen LogP contribution < -0.4 is 21.3 Å². The van der Waals surface area contributed by atoms with Crippen LogP contribution in [0.5, 0.6) is 0 Å². The van der Waals surface area contributed by atoms with Gasteiger partial charge in [-0.3, -0.25) is 4.79 Å². The molecule has 1 amide bonds. The number of amides is 1. The molecule has 1 rings (SSSR count). The highest BCUT2D eigenvalue weighted by Crippen LogP contribution is 2.33. The summed E-state index contributed by atoms with van der Waals surface area (Å²) in [4.78, 5) is 19.7. The van der Waals surface area contributed by atoms with Crippen molar-refractivity contribution in [1.29, 1.82) is 0 Å². The summed E-state index contributed by atoms with van der Waals surface area (Å²) >= 11 is 0. The number of hydrogen-bond donors (Lipinski definition) is 4.